The molecule has 0 saturated carbocycles. The van der Waals surface area contributed by atoms with Gasteiger partial charge in [-0.25, -0.2) is 9.18 Å². The van der Waals surface area contributed by atoms with Gasteiger partial charge in [0.1, 0.15) is 5.82 Å². The van der Waals surface area contributed by atoms with Gasteiger partial charge in [-0.15, -0.1) is 0 Å². The number of ether oxygens (including phenoxy) is 1. The first-order valence-electron chi connectivity index (χ1n) is 5.85. The summed E-state index contributed by atoms with van der Waals surface area (Å²) in [7, 11) is 0. The van der Waals surface area contributed by atoms with Gasteiger partial charge >= 0.3 is 5.97 Å². The fourth-order valence-corrected chi connectivity index (χ4v) is 2.04. The topological polar surface area (TPSA) is 73.6 Å². The van der Waals surface area contributed by atoms with Crippen LogP contribution in [0.1, 0.15) is 11.1 Å². The third kappa shape index (κ3) is 3.28. The van der Waals surface area contributed by atoms with Gasteiger partial charge in [-0.05, 0) is 23.8 Å². The number of carboxylic acids is 1. The zero-order valence-corrected chi connectivity index (χ0v) is 10.2. The molecule has 0 aliphatic carbocycles. The van der Waals surface area contributed by atoms with Gasteiger partial charge in [0.15, 0.2) is 6.10 Å². The van der Waals surface area contributed by atoms with E-state index >= 15 is 0 Å². The molecule has 6 heteroatoms. The Morgan fingerprint density at radius 1 is 1.63 bits per heavy atom. The number of carbonyl (C=O) groups is 1. The maximum absolute atomic E-state index is 13.2. The lowest BCUT2D eigenvalue weighted by molar-refractivity contribution is -0.156. The van der Waals surface area contributed by atoms with Crippen LogP contribution in [-0.2, 0) is 16.1 Å². The number of halogens is 1. The molecule has 0 bridgehead atoms. The van der Waals surface area contributed by atoms with E-state index in [4.69, 9.17) is 15.1 Å². The van der Waals surface area contributed by atoms with Crippen molar-refractivity contribution in [2.75, 3.05) is 19.7 Å². The number of hydrogen-bond acceptors (Lipinski definition) is 4. The average molecular weight is 264 g/mol. The van der Waals surface area contributed by atoms with Crippen LogP contribution in [0.15, 0.2) is 18.2 Å². The highest BCUT2D eigenvalue weighted by Crippen LogP contribution is 2.15. The molecule has 1 N–H and O–H groups in total. The van der Waals surface area contributed by atoms with E-state index in [9.17, 15) is 9.18 Å². The SMILES string of the molecule is N#Cc1ccc(F)cc1CN1CCOC(C(=O)O)C1. The Labute approximate surface area is 109 Å². The molecule has 1 aliphatic heterocycles. The van der Waals surface area contributed by atoms with Crippen LogP contribution in [0.3, 0.4) is 0 Å². The summed E-state index contributed by atoms with van der Waals surface area (Å²) in [5.41, 5.74) is 0.966. The second-order valence-electron chi connectivity index (χ2n) is 4.35. The lowest BCUT2D eigenvalue weighted by atomic mass is 10.1. The Hall–Kier alpha value is -1.97. The van der Waals surface area contributed by atoms with Gasteiger partial charge in [-0.1, -0.05) is 0 Å². The van der Waals surface area contributed by atoms with E-state index in [1.165, 1.54) is 18.2 Å². The molecule has 5 nitrogen and oxygen atoms in total. The number of hydrogen-bond donors (Lipinski definition) is 1. The van der Waals surface area contributed by atoms with E-state index in [1.54, 1.807) is 0 Å². The third-order valence-corrected chi connectivity index (χ3v) is 3.01. The van der Waals surface area contributed by atoms with Gasteiger partial charge in [-0.3, -0.25) is 4.90 Å². The largest absolute Gasteiger partial charge is 0.479 e. The summed E-state index contributed by atoms with van der Waals surface area (Å²) in [6.07, 6.45) is -0.868. The number of carboxylic acid groups (broad SMARTS) is 1. The number of rotatable bonds is 3. The molecule has 1 heterocycles. The van der Waals surface area contributed by atoms with E-state index in [2.05, 4.69) is 0 Å². The molecule has 0 radical (unpaired) electrons. The average Bonchev–Trinajstić information content (AvgIpc) is 2.39. The maximum atomic E-state index is 13.2. The molecular weight excluding hydrogens is 251 g/mol. The molecule has 1 saturated heterocycles. The van der Waals surface area contributed by atoms with Crippen molar-refractivity contribution < 1.29 is 19.0 Å². The van der Waals surface area contributed by atoms with Crippen molar-refractivity contribution in [1.82, 2.24) is 4.90 Å². The van der Waals surface area contributed by atoms with Gasteiger partial charge in [0.05, 0.1) is 18.2 Å². The summed E-state index contributed by atoms with van der Waals surface area (Å²) in [5, 5.41) is 17.9. The van der Waals surface area contributed by atoms with Crippen molar-refractivity contribution in [2.45, 2.75) is 12.6 Å². The summed E-state index contributed by atoms with van der Waals surface area (Å²) >= 11 is 0. The number of benzene rings is 1. The Balaban J connectivity index is 2.11. The van der Waals surface area contributed by atoms with Crippen LogP contribution in [-0.4, -0.2) is 41.8 Å². The molecule has 1 atom stereocenters. The predicted octanol–water partition coefficient (Wildman–Crippen LogP) is 0.983. The van der Waals surface area contributed by atoms with E-state index in [1.807, 2.05) is 11.0 Å². The third-order valence-electron chi connectivity index (χ3n) is 3.01. The molecule has 1 aromatic carbocycles. The number of morpholine rings is 1. The molecule has 1 aromatic rings. The monoisotopic (exact) mass is 264 g/mol. The summed E-state index contributed by atoms with van der Waals surface area (Å²) in [4.78, 5) is 12.7. The molecule has 19 heavy (non-hydrogen) atoms. The number of nitrogens with zero attached hydrogens (tertiary/aromatic N) is 2. The van der Waals surface area contributed by atoms with Gasteiger partial charge in [-0.2, -0.15) is 5.26 Å². The molecule has 0 amide bonds. The smallest absolute Gasteiger partial charge is 0.334 e. The zero-order valence-electron chi connectivity index (χ0n) is 10.2. The van der Waals surface area contributed by atoms with Crippen LogP contribution >= 0.6 is 0 Å². The highest BCUT2D eigenvalue weighted by molar-refractivity contribution is 5.72. The van der Waals surface area contributed by atoms with Crippen LogP contribution in [0.4, 0.5) is 4.39 Å². The van der Waals surface area contributed by atoms with E-state index in [-0.39, 0.29) is 6.54 Å². The molecule has 0 spiro atoms. The van der Waals surface area contributed by atoms with Gasteiger partial charge < -0.3 is 9.84 Å². The van der Waals surface area contributed by atoms with E-state index in [0.29, 0.717) is 30.8 Å². The van der Waals surface area contributed by atoms with Crippen molar-refractivity contribution in [3.63, 3.8) is 0 Å². The van der Waals surface area contributed by atoms with Gasteiger partial charge in [0.2, 0.25) is 0 Å². The molecule has 1 fully saturated rings. The van der Waals surface area contributed by atoms with Crippen LogP contribution in [0.2, 0.25) is 0 Å². The van der Waals surface area contributed by atoms with Crippen LogP contribution in [0, 0.1) is 17.1 Å². The van der Waals surface area contributed by atoms with Crippen molar-refractivity contribution >= 4 is 5.97 Å². The maximum Gasteiger partial charge on any atom is 0.334 e. The minimum absolute atomic E-state index is 0.233. The van der Waals surface area contributed by atoms with Crippen molar-refractivity contribution in [1.29, 1.82) is 5.26 Å². The first-order chi connectivity index (χ1) is 9.10. The second kappa shape index (κ2) is 5.78. The van der Waals surface area contributed by atoms with Crippen molar-refractivity contribution in [2.24, 2.45) is 0 Å². The first-order valence-corrected chi connectivity index (χ1v) is 5.85. The Morgan fingerprint density at radius 2 is 2.42 bits per heavy atom. The molecule has 1 unspecified atom stereocenters. The summed E-state index contributed by atoms with van der Waals surface area (Å²) in [6, 6.07) is 5.98. The minimum atomic E-state index is -1.01. The highest BCUT2D eigenvalue weighted by atomic mass is 19.1. The quantitative estimate of drug-likeness (QED) is 0.881. The van der Waals surface area contributed by atoms with Crippen LogP contribution in [0.25, 0.3) is 0 Å². The normalized spacial score (nSPS) is 19.9. The van der Waals surface area contributed by atoms with E-state index < -0.39 is 17.9 Å². The lowest BCUT2D eigenvalue weighted by Gasteiger charge is -2.30. The van der Waals surface area contributed by atoms with Crippen LogP contribution < -0.4 is 0 Å². The Morgan fingerprint density at radius 3 is 3.11 bits per heavy atom. The molecular formula is C13H13FN2O3. The minimum Gasteiger partial charge on any atom is -0.479 e. The molecule has 0 aromatic heterocycles. The predicted molar refractivity (Wildman–Crippen MR) is 63.8 cm³/mol. The number of aliphatic carboxylic acids is 1. The van der Waals surface area contributed by atoms with Crippen molar-refractivity contribution in [3.8, 4) is 6.07 Å². The lowest BCUT2D eigenvalue weighted by Crippen LogP contribution is -2.45. The second-order valence-corrected chi connectivity index (χ2v) is 4.35. The van der Waals surface area contributed by atoms with E-state index in [0.717, 1.165) is 0 Å². The van der Waals surface area contributed by atoms with Gasteiger partial charge in [0, 0.05) is 19.6 Å². The molecule has 2 rings (SSSR count). The van der Waals surface area contributed by atoms with Gasteiger partial charge in [0.25, 0.3) is 0 Å². The van der Waals surface area contributed by atoms with Crippen molar-refractivity contribution in [3.05, 3.63) is 35.1 Å². The fourth-order valence-electron chi connectivity index (χ4n) is 2.04. The zero-order chi connectivity index (χ0) is 13.8. The first kappa shape index (κ1) is 13.5. The summed E-state index contributed by atoms with van der Waals surface area (Å²) < 4.78 is 18.3. The Bertz CT molecular complexity index is 527. The fraction of sp³-hybridized carbons (Fsp3) is 0.385. The standard InChI is InChI=1S/C13H13FN2O3/c14-11-2-1-9(6-15)10(5-11)7-16-3-4-19-12(8-16)13(17)18/h1-2,5,12H,3-4,7-8H2,(H,17,18). The highest BCUT2D eigenvalue weighted by Gasteiger charge is 2.26. The van der Waals surface area contributed by atoms with Crippen LogP contribution in [0.5, 0.6) is 0 Å². The summed E-state index contributed by atoms with van der Waals surface area (Å²) in [5.74, 6) is -1.42. The molecule has 100 valence electrons. The number of nitriles is 1. The summed E-state index contributed by atoms with van der Waals surface area (Å²) in [6.45, 7) is 1.45. The molecule has 1 aliphatic rings. The Kier molecular flexibility index (Phi) is 4.10.